The van der Waals surface area contributed by atoms with Crippen molar-refractivity contribution in [2.24, 2.45) is 0 Å². The lowest BCUT2D eigenvalue weighted by Crippen LogP contribution is -2.40. The Kier molecular flexibility index (Phi) is 5.28. The fourth-order valence-electron chi connectivity index (χ4n) is 6.18. The van der Waals surface area contributed by atoms with E-state index < -0.39 is 23.3 Å². The molecule has 2 aliphatic carbocycles. The number of carbonyl (C=O) groups is 2. The second-order valence-corrected chi connectivity index (χ2v) is 11.0. The Morgan fingerprint density at radius 3 is 2.33 bits per heavy atom. The van der Waals surface area contributed by atoms with E-state index in [0.717, 1.165) is 21.1 Å². The molecule has 39 heavy (non-hydrogen) atoms. The topological polar surface area (TPSA) is 103 Å². The van der Waals surface area contributed by atoms with E-state index in [1.165, 1.54) is 15.4 Å². The summed E-state index contributed by atoms with van der Waals surface area (Å²) in [6.45, 7) is 0.143. The first-order chi connectivity index (χ1) is 18.9. The quantitative estimate of drug-likeness (QED) is 0.205. The van der Waals surface area contributed by atoms with Gasteiger partial charge in [0, 0.05) is 34.9 Å². The van der Waals surface area contributed by atoms with Gasteiger partial charge in [-0.25, -0.2) is 23.5 Å². The standard InChI is InChI=1S/C30H20IN3O5/c31-22-15-25(36)21-14-23-20(12-13-32-29(38)33(30(39)34(23)32)16-6-2-1-3-7-16)26(27(21)28(22)37)19-10-11-24(35)18-9-5-4-8-17(18)19/h1-12,15,23,26,35H,13-14H2. The minimum absolute atomic E-state index is 0.110. The summed E-state index contributed by atoms with van der Waals surface area (Å²) in [7, 11) is 0. The number of carbonyl (C=O) groups excluding carboxylic acids is 2. The molecule has 2 heterocycles. The zero-order chi connectivity index (χ0) is 27.0. The lowest BCUT2D eigenvalue weighted by atomic mass is 9.68. The summed E-state index contributed by atoms with van der Waals surface area (Å²) in [5.41, 5.74) is 1.78. The summed E-state index contributed by atoms with van der Waals surface area (Å²) >= 11 is 1.90. The molecule has 3 aliphatic rings. The van der Waals surface area contributed by atoms with E-state index in [2.05, 4.69) is 0 Å². The second kappa shape index (κ2) is 8.63. The van der Waals surface area contributed by atoms with Gasteiger partial charge in [0.05, 0.1) is 21.9 Å². The van der Waals surface area contributed by atoms with Gasteiger partial charge in [-0.2, -0.15) is 0 Å². The van der Waals surface area contributed by atoms with Crippen LogP contribution in [0.4, 0.5) is 0 Å². The predicted octanol–water partition coefficient (Wildman–Crippen LogP) is 4.10. The van der Waals surface area contributed by atoms with Gasteiger partial charge in [0.25, 0.3) is 0 Å². The first-order valence-corrected chi connectivity index (χ1v) is 13.5. The molecule has 192 valence electrons. The van der Waals surface area contributed by atoms with E-state index in [1.807, 2.05) is 52.9 Å². The van der Waals surface area contributed by atoms with Crippen LogP contribution in [0.5, 0.6) is 5.75 Å². The van der Waals surface area contributed by atoms with Gasteiger partial charge < -0.3 is 5.11 Å². The van der Waals surface area contributed by atoms with Gasteiger partial charge in [-0.1, -0.05) is 54.6 Å². The van der Waals surface area contributed by atoms with Gasteiger partial charge in [0.1, 0.15) is 5.75 Å². The molecule has 0 bridgehead atoms. The highest BCUT2D eigenvalue weighted by Crippen LogP contribution is 2.51. The number of phenols is 1. The third-order valence-corrected chi connectivity index (χ3v) is 8.66. The molecule has 1 aromatic heterocycles. The van der Waals surface area contributed by atoms with E-state index in [0.29, 0.717) is 25.8 Å². The zero-order valence-corrected chi connectivity index (χ0v) is 22.5. The lowest BCUT2D eigenvalue weighted by Gasteiger charge is -2.39. The van der Waals surface area contributed by atoms with E-state index >= 15 is 0 Å². The number of hydrogen-bond donors (Lipinski definition) is 1. The summed E-state index contributed by atoms with van der Waals surface area (Å²) < 4.78 is 4.31. The number of Topliss-reactive ketones (excluding diaryl/α,β-unsaturated/α-hetero) is 1. The molecule has 3 aromatic carbocycles. The maximum absolute atomic E-state index is 13.8. The highest BCUT2D eigenvalue weighted by molar-refractivity contribution is 14.1. The number of phenolic OH excluding ortho intramolecular Hbond substituents is 1. The van der Waals surface area contributed by atoms with Gasteiger partial charge >= 0.3 is 11.4 Å². The van der Waals surface area contributed by atoms with Crippen molar-refractivity contribution in [3.05, 3.63) is 126 Å². The lowest BCUT2D eigenvalue weighted by molar-refractivity contribution is -0.115. The van der Waals surface area contributed by atoms with Crippen molar-refractivity contribution in [1.29, 1.82) is 0 Å². The number of fused-ring (bicyclic) bond motifs is 4. The van der Waals surface area contributed by atoms with Crippen LogP contribution in [-0.4, -0.2) is 30.6 Å². The average Bonchev–Trinajstić information content (AvgIpc) is 3.21. The molecule has 7 rings (SSSR count). The van der Waals surface area contributed by atoms with Crippen LogP contribution in [-0.2, 0) is 16.1 Å². The highest BCUT2D eigenvalue weighted by Gasteiger charge is 2.45. The van der Waals surface area contributed by atoms with Crippen molar-refractivity contribution in [1.82, 2.24) is 13.9 Å². The third kappa shape index (κ3) is 3.35. The van der Waals surface area contributed by atoms with Gasteiger partial charge in [-0.3, -0.25) is 9.59 Å². The number of aromatic hydroxyl groups is 1. The summed E-state index contributed by atoms with van der Waals surface area (Å²) in [5, 5.41) is 11.9. The Morgan fingerprint density at radius 2 is 1.56 bits per heavy atom. The van der Waals surface area contributed by atoms with E-state index in [1.54, 1.807) is 42.5 Å². The van der Waals surface area contributed by atoms with Crippen molar-refractivity contribution < 1.29 is 14.7 Å². The average molecular weight is 629 g/mol. The van der Waals surface area contributed by atoms with Crippen LogP contribution >= 0.6 is 22.6 Å². The molecule has 0 radical (unpaired) electrons. The fourth-order valence-corrected chi connectivity index (χ4v) is 6.75. The van der Waals surface area contributed by atoms with Crippen LogP contribution in [0.3, 0.4) is 0 Å². The molecule has 4 aromatic rings. The van der Waals surface area contributed by atoms with Crippen LogP contribution in [0.2, 0.25) is 0 Å². The van der Waals surface area contributed by atoms with Crippen molar-refractivity contribution >= 4 is 44.9 Å². The molecule has 2 unspecified atom stereocenters. The van der Waals surface area contributed by atoms with Gasteiger partial charge in [-0.15, -0.1) is 0 Å². The largest absolute Gasteiger partial charge is 0.507 e. The maximum Gasteiger partial charge on any atom is 0.352 e. The Morgan fingerprint density at radius 1 is 0.846 bits per heavy atom. The number of para-hydroxylation sites is 1. The van der Waals surface area contributed by atoms with Crippen LogP contribution < -0.4 is 11.4 Å². The fraction of sp³-hybridized carbons (Fsp3) is 0.133. The predicted molar refractivity (Wildman–Crippen MR) is 154 cm³/mol. The number of hydrogen-bond acceptors (Lipinski definition) is 5. The minimum Gasteiger partial charge on any atom is -0.507 e. The molecule has 2 atom stereocenters. The first kappa shape index (κ1) is 23.8. The summed E-state index contributed by atoms with van der Waals surface area (Å²) in [4.78, 5) is 54.2. The second-order valence-electron chi connectivity index (χ2n) is 9.82. The highest BCUT2D eigenvalue weighted by atomic mass is 127. The molecular formula is C30H20IN3O5. The number of benzene rings is 3. The van der Waals surface area contributed by atoms with E-state index in [9.17, 15) is 24.3 Å². The zero-order valence-electron chi connectivity index (χ0n) is 20.4. The van der Waals surface area contributed by atoms with Crippen LogP contribution in [0.15, 0.2) is 109 Å². The minimum atomic E-state index is -0.638. The molecule has 9 heteroatoms. The first-order valence-electron chi connectivity index (χ1n) is 12.5. The number of ketones is 2. The molecule has 0 saturated carbocycles. The number of halogens is 1. The monoisotopic (exact) mass is 629 g/mol. The smallest absolute Gasteiger partial charge is 0.352 e. The normalized spacial score (nSPS) is 20.3. The number of aromatic nitrogens is 3. The van der Waals surface area contributed by atoms with Gasteiger partial charge in [-0.05, 0) is 57.3 Å². The van der Waals surface area contributed by atoms with Crippen molar-refractivity contribution in [2.45, 2.75) is 24.9 Å². The van der Waals surface area contributed by atoms with Crippen molar-refractivity contribution in [3.8, 4) is 11.4 Å². The SMILES string of the molecule is O=C1C=C(I)C(=O)C2=C1CC1C(=CCn3c(=O)n(-c4ccccc4)c(=O)n31)C2c1ccc(O)c2ccccc12. The molecular weight excluding hydrogens is 609 g/mol. The Hall–Kier alpha value is -4.25. The Labute approximate surface area is 234 Å². The van der Waals surface area contributed by atoms with Crippen molar-refractivity contribution in [3.63, 3.8) is 0 Å². The molecule has 0 saturated heterocycles. The Bertz CT molecular complexity index is 1970. The molecule has 1 aliphatic heterocycles. The molecule has 0 amide bonds. The third-order valence-electron chi connectivity index (χ3n) is 7.86. The van der Waals surface area contributed by atoms with E-state index in [4.69, 9.17) is 0 Å². The molecule has 0 spiro atoms. The van der Waals surface area contributed by atoms with E-state index in [-0.39, 0.29) is 30.3 Å². The molecule has 8 nitrogen and oxygen atoms in total. The summed E-state index contributed by atoms with van der Waals surface area (Å²) in [6, 6.07) is 18.8. The molecule has 0 fully saturated rings. The van der Waals surface area contributed by atoms with Crippen molar-refractivity contribution in [2.75, 3.05) is 0 Å². The summed E-state index contributed by atoms with van der Waals surface area (Å²) in [6.07, 6.45) is 3.37. The van der Waals surface area contributed by atoms with Crippen LogP contribution in [0, 0.1) is 0 Å². The maximum atomic E-state index is 13.8. The number of nitrogens with zero attached hydrogens (tertiary/aromatic N) is 3. The molecule has 1 N–H and O–H groups in total. The Balaban J connectivity index is 1.51. The van der Waals surface area contributed by atoms with Crippen LogP contribution in [0.1, 0.15) is 23.9 Å². The summed E-state index contributed by atoms with van der Waals surface area (Å²) in [5.74, 6) is -1.01. The van der Waals surface area contributed by atoms with Gasteiger partial charge in [0.2, 0.25) is 0 Å². The van der Waals surface area contributed by atoms with Gasteiger partial charge in [0.15, 0.2) is 11.6 Å². The number of rotatable bonds is 2. The number of allylic oxidation sites excluding steroid dienone is 6. The van der Waals surface area contributed by atoms with Crippen LogP contribution in [0.25, 0.3) is 16.5 Å².